The van der Waals surface area contributed by atoms with Crippen LogP contribution in [-0.2, 0) is 7.05 Å². The maximum absolute atomic E-state index is 12.7. The topological polar surface area (TPSA) is 93.5 Å². The number of fused-ring (bicyclic) bond motifs is 3. The van der Waals surface area contributed by atoms with Crippen molar-refractivity contribution < 1.29 is 14.6 Å². The van der Waals surface area contributed by atoms with Crippen molar-refractivity contribution in [3.63, 3.8) is 0 Å². The minimum Gasteiger partial charge on any atom is -0.491 e. The molecule has 0 aliphatic heterocycles. The third kappa shape index (κ3) is 3.93. The fourth-order valence-corrected chi connectivity index (χ4v) is 3.52. The summed E-state index contributed by atoms with van der Waals surface area (Å²) in [4.78, 5) is 27.8. The average molecular weight is 383 g/mol. The van der Waals surface area contributed by atoms with Gasteiger partial charge >= 0.3 is 6.09 Å². The van der Waals surface area contributed by atoms with E-state index in [4.69, 9.17) is 9.84 Å². The predicted molar refractivity (Wildman–Crippen MR) is 109 cm³/mol. The fraction of sp³-hybridized carbons (Fsp3) is 0.381. The minimum atomic E-state index is -1.06. The molecule has 2 N–H and O–H groups in total. The van der Waals surface area contributed by atoms with Crippen molar-refractivity contribution in [2.24, 2.45) is 13.0 Å². The van der Waals surface area contributed by atoms with Gasteiger partial charge in [0.25, 0.3) is 5.56 Å². The highest BCUT2D eigenvalue weighted by Gasteiger charge is 2.16. The summed E-state index contributed by atoms with van der Waals surface area (Å²) in [6.07, 6.45) is 2.88. The van der Waals surface area contributed by atoms with Gasteiger partial charge in [-0.05, 0) is 42.3 Å². The molecule has 0 radical (unpaired) electrons. The van der Waals surface area contributed by atoms with Gasteiger partial charge in [-0.1, -0.05) is 13.8 Å². The molecule has 0 aliphatic carbocycles. The van der Waals surface area contributed by atoms with Gasteiger partial charge in [0.1, 0.15) is 12.4 Å². The van der Waals surface area contributed by atoms with Gasteiger partial charge in [0.2, 0.25) is 0 Å². The van der Waals surface area contributed by atoms with Crippen LogP contribution in [0, 0.1) is 12.8 Å². The molecule has 0 fully saturated rings. The van der Waals surface area contributed by atoms with E-state index in [0.717, 1.165) is 21.9 Å². The zero-order valence-corrected chi connectivity index (χ0v) is 16.5. The average Bonchev–Trinajstić information content (AvgIpc) is 2.63. The maximum atomic E-state index is 12.7. The van der Waals surface area contributed by atoms with Gasteiger partial charge in [-0.3, -0.25) is 9.78 Å². The lowest BCUT2D eigenvalue weighted by Gasteiger charge is -2.21. The van der Waals surface area contributed by atoms with E-state index in [9.17, 15) is 9.59 Å². The molecule has 0 bridgehead atoms. The molecule has 1 atom stereocenters. The number of rotatable bonds is 6. The van der Waals surface area contributed by atoms with Gasteiger partial charge < -0.3 is 19.7 Å². The molecule has 28 heavy (non-hydrogen) atoms. The summed E-state index contributed by atoms with van der Waals surface area (Å²) in [5, 5.41) is 13.9. The zero-order chi connectivity index (χ0) is 20.4. The Hall–Kier alpha value is -3.09. The van der Waals surface area contributed by atoms with E-state index in [1.165, 1.54) is 0 Å². The molecule has 7 heteroatoms. The second kappa shape index (κ2) is 7.88. The van der Waals surface area contributed by atoms with Crippen molar-refractivity contribution in [2.75, 3.05) is 6.61 Å². The van der Waals surface area contributed by atoms with Crippen LogP contribution in [0.25, 0.3) is 21.7 Å². The van der Waals surface area contributed by atoms with Gasteiger partial charge in [-0.2, -0.15) is 0 Å². The monoisotopic (exact) mass is 383 g/mol. The number of nitrogens with zero attached hydrogens (tertiary/aromatic N) is 2. The molecule has 3 aromatic rings. The van der Waals surface area contributed by atoms with E-state index in [-0.39, 0.29) is 18.2 Å². The first-order chi connectivity index (χ1) is 13.3. The lowest BCUT2D eigenvalue weighted by Crippen LogP contribution is -2.39. The number of aromatic nitrogens is 2. The predicted octanol–water partition coefficient (Wildman–Crippen LogP) is 3.46. The Kier molecular flexibility index (Phi) is 5.53. The molecule has 0 saturated carbocycles. The van der Waals surface area contributed by atoms with E-state index >= 15 is 0 Å². The number of pyridine rings is 2. The molecule has 1 amide bonds. The lowest BCUT2D eigenvalue weighted by atomic mass is 10.0. The first kappa shape index (κ1) is 19.7. The highest BCUT2D eigenvalue weighted by molar-refractivity contribution is 6.05. The highest BCUT2D eigenvalue weighted by atomic mass is 16.5. The van der Waals surface area contributed by atoms with Crippen LogP contribution >= 0.6 is 0 Å². The summed E-state index contributed by atoms with van der Waals surface area (Å²) >= 11 is 0. The Morgan fingerprint density at radius 1 is 1.29 bits per heavy atom. The van der Waals surface area contributed by atoms with Crippen molar-refractivity contribution in [3.05, 3.63) is 46.5 Å². The molecule has 1 aromatic carbocycles. The number of hydrogen-bond donors (Lipinski definition) is 2. The highest BCUT2D eigenvalue weighted by Crippen LogP contribution is 2.29. The van der Waals surface area contributed by atoms with Crippen LogP contribution < -0.4 is 15.6 Å². The summed E-state index contributed by atoms with van der Waals surface area (Å²) in [7, 11) is 1.73. The molecule has 2 aromatic heterocycles. The summed E-state index contributed by atoms with van der Waals surface area (Å²) in [5.41, 5.74) is 1.56. The van der Waals surface area contributed by atoms with Gasteiger partial charge in [-0.25, -0.2) is 4.79 Å². The van der Waals surface area contributed by atoms with E-state index in [1.807, 2.05) is 39.0 Å². The second-order valence-electron chi connectivity index (χ2n) is 7.51. The molecule has 148 valence electrons. The van der Waals surface area contributed by atoms with Crippen LogP contribution in [0.2, 0.25) is 0 Å². The van der Waals surface area contributed by atoms with Crippen molar-refractivity contribution in [2.45, 2.75) is 33.2 Å². The number of nitrogens with one attached hydrogen (secondary N) is 1. The van der Waals surface area contributed by atoms with Crippen LogP contribution in [-0.4, -0.2) is 33.4 Å². The van der Waals surface area contributed by atoms with Crippen LogP contribution in [0.3, 0.4) is 0 Å². The van der Waals surface area contributed by atoms with Crippen LogP contribution in [0.5, 0.6) is 5.75 Å². The largest absolute Gasteiger partial charge is 0.491 e. The smallest absolute Gasteiger partial charge is 0.404 e. The Labute approximate surface area is 163 Å². The molecule has 0 saturated heterocycles. The van der Waals surface area contributed by atoms with Gasteiger partial charge in [-0.15, -0.1) is 0 Å². The molecular weight excluding hydrogens is 358 g/mol. The molecular formula is C21H25N3O4. The van der Waals surface area contributed by atoms with Gasteiger partial charge in [0, 0.05) is 30.9 Å². The lowest BCUT2D eigenvalue weighted by molar-refractivity contribution is 0.176. The summed E-state index contributed by atoms with van der Waals surface area (Å²) in [6.45, 7) is 6.23. The number of carbonyl (C=O) groups is 1. The van der Waals surface area contributed by atoms with Gasteiger partial charge in [0.15, 0.2) is 0 Å². The molecule has 0 aliphatic rings. The minimum absolute atomic E-state index is 0.115. The summed E-state index contributed by atoms with van der Waals surface area (Å²) in [6, 6.07) is 5.38. The summed E-state index contributed by atoms with van der Waals surface area (Å²) in [5.74, 6) is 0.968. The molecule has 3 rings (SSSR count). The number of hydrogen-bond acceptors (Lipinski definition) is 4. The SMILES string of the molecule is Cc1cc2c3ccncc3c(=O)n(C)c2cc1OCC(CC(C)C)NC(=O)O. The Balaban J connectivity index is 1.99. The Morgan fingerprint density at radius 3 is 2.71 bits per heavy atom. The normalized spacial score (nSPS) is 12.5. The van der Waals surface area contributed by atoms with E-state index < -0.39 is 6.09 Å². The second-order valence-corrected chi connectivity index (χ2v) is 7.51. The Morgan fingerprint density at radius 2 is 2.04 bits per heavy atom. The van der Waals surface area contributed by atoms with E-state index in [2.05, 4.69) is 10.3 Å². The number of aryl methyl sites for hydroxylation is 2. The Bertz CT molecular complexity index is 1090. The van der Waals surface area contributed by atoms with Crippen LogP contribution in [0.4, 0.5) is 4.79 Å². The fourth-order valence-electron chi connectivity index (χ4n) is 3.52. The molecule has 2 heterocycles. The molecule has 7 nitrogen and oxygen atoms in total. The third-order valence-corrected chi connectivity index (χ3v) is 4.82. The van der Waals surface area contributed by atoms with Crippen molar-refractivity contribution >= 4 is 27.8 Å². The number of ether oxygens (including phenoxy) is 1. The van der Waals surface area contributed by atoms with Gasteiger partial charge in [0.05, 0.1) is 16.9 Å². The number of amides is 1. The number of benzene rings is 1. The summed E-state index contributed by atoms with van der Waals surface area (Å²) < 4.78 is 7.55. The van der Waals surface area contributed by atoms with Crippen molar-refractivity contribution in [1.29, 1.82) is 0 Å². The van der Waals surface area contributed by atoms with Crippen LogP contribution in [0.1, 0.15) is 25.8 Å². The quantitative estimate of drug-likeness (QED) is 0.636. The first-order valence-corrected chi connectivity index (χ1v) is 9.27. The zero-order valence-electron chi connectivity index (χ0n) is 16.5. The van der Waals surface area contributed by atoms with Crippen molar-refractivity contribution in [1.82, 2.24) is 14.9 Å². The standard InChI is InChI=1S/C21H25N3O4/c1-12(2)7-14(23-21(26)27)11-28-19-9-18-16(8-13(19)3)15-5-6-22-10-17(15)20(25)24(18)4/h5-6,8-10,12,14,23H,7,11H2,1-4H3,(H,26,27). The molecule has 1 unspecified atom stereocenters. The van der Waals surface area contributed by atoms with Crippen LogP contribution in [0.15, 0.2) is 35.4 Å². The van der Waals surface area contributed by atoms with E-state index in [0.29, 0.717) is 23.5 Å². The van der Waals surface area contributed by atoms with E-state index in [1.54, 1.807) is 24.0 Å². The maximum Gasteiger partial charge on any atom is 0.404 e. The van der Waals surface area contributed by atoms with Crippen molar-refractivity contribution in [3.8, 4) is 5.75 Å². The third-order valence-electron chi connectivity index (χ3n) is 4.82. The molecule has 0 spiro atoms. The number of carboxylic acid groups (broad SMARTS) is 1. The first-order valence-electron chi connectivity index (χ1n) is 9.27.